The van der Waals surface area contributed by atoms with Gasteiger partial charge in [-0.3, -0.25) is 9.98 Å². The number of benzene rings is 1. The van der Waals surface area contributed by atoms with Crippen molar-refractivity contribution in [3.63, 3.8) is 0 Å². The lowest BCUT2D eigenvalue weighted by atomic mass is 10.2. The van der Waals surface area contributed by atoms with E-state index >= 15 is 0 Å². The predicted octanol–water partition coefficient (Wildman–Crippen LogP) is 2.89. The third-order valence-electron chi connectivity index (χ3n) is 3.47. The molecule has 5 nitrogen and oxygen atoms in total. The van der Waals surface area contributed by atoms with E-state index in [-0.39, 0.29) is 0 Å². The first-order chi connectivity index (χ1) is 12.5. The van der Waals surface area contributed by atoms with Crippen LogP contribution in [0.2, 0.25) is 0 Å². The molecular formula is C18H21F3N4O. The molecule has 0 radical (unpaired) electrons. The Kier molecular flexibility index (Phi) is 7.25. The fourth-order valence-electron chi connectivity index (χ4n) is 2.15. The maximum atomic E-state index is 12.5. The molecule has 0 fully saturated rings. The Morgan fingerprint density at radius 2 is 1.81 bits per heavy atom. The zero-order valence-corrected chi connectivity index (χ0v) is 14.4. The van der Waals surface area contributed by atoms with Crippen molar-refractivity contribution in [3.05, 3.63) is 59.9 Å². The van der Waals surface area contributed by atoms with E-state index in [2.05, 4.69) is 20.6 Å². The van der Waals surface area contributed by atoms with E-state index in [1.165, 1.54) is 12.1 Å². The van der Waals surface area contributed by atoms with Gasteiger partial charge in [0, 0.05) is 31.9 Å². The first kappa shape index (κ1) is 19.6. The third kappa shape index (κ3) is 6.62. The van der Waals surface area contributed by atoms with Gasteiger partial charge in [0.05, 0.1) is 12.1 Å². The number of nitrogens with zero attached hydrogens (tertiary/aromatic N) is 2. The number of aliphatic imine (C=N–C) groups is 1. The van der Waals surface area contributed by atoms with Gasteiger partial charge in [-0.1, -0.05) is 6.07 Å². The van der Waals surface area contributed by atoms with Crippen molar-refractivity contribution in [3.8, 4) is 5.75 Å². The zero-order valence-electron chi connectivity index (χ0n) is 14.4. The minimum atomic E-state index is -4.34. The van der Waals surface area contributed by atoms with Crippen molar-refractivity contribution < 1.29 is 17.9 Å². The van der Waals surface area contributed by atoms with Crippen LogP contribution in [0.1, 0.15) is 11.3 Å². The number of hydrogen-bond donors (Lipinski definition) is 2. The summed E-state index contributed by atoms with van der Waals surface area (Å²) in [6.07, 6.45) is -1.82. The van der Waals surface area contributed by atoms with Gasteiger partial charge in [-0.25, -0.2) is 0 Å². The van der Waals surface area contributed by atoms with E-state index in [1.807, 2.05) is 18.2 Å². The standard InChI is InChI=1S/C18H21F3N4O/c1-22-17(24-11-9-15-4-2-3-10-23-15)25-12-13-26-16-7-5-14(6-8-16)18(19,20)21/h2-8,10H,9,11-13H2,1H3,(H2,22,24,25). The quantitative estimate of drug-likeness (QED) is 0.449. The largest absolute Gasteiger partial charge is 0.492 e. The van der Waals surface area contributed by atoms with Crippen molar-refractivity contribution in [2.24, 2.45) is 4.99 Å². The monoisotopic (exact) mass is 366 g/mol. The molecule has 0 aliphatic rings. The maximum Gasteiger partial charge on any atom is 0.416 e. The highest BCUT2D eigenvalue weighted by molar-refractivity contribution is 5.79. The number of nitrogens with one attached hydrogen (secondary N) is 2. The first-order valence-corrected chi connectivity index (χ1v) is 8.13. The molecule has 1 heterocycles. The van der Waals surface area contributed by atoms with Gasteiger partial charge >= 0.3 is 6.18 Å². The Bertz CT molecular complexity index is 688. The summed E-state index contributed by atoms with van der Waals surface area (Å²) >= 11 is 0. The molecule has 1 aromatic heterocycles. The molecule has 1 aromatic carbocycles. The number of pyridine rings is 1. The first-order valence-electron chi connectivity index (χ1n) is 8.13. The highest BCUT2D eigenvalue weighted by Crippen LogP contribution is 2.30. The second-order valence-electron chi connectivity index (χ2n) is 5.37. The van der Waals surface area contributed by atoms with Gasteiger partial charge in [-0.15, -0.1) is 0 Å². The molecule has 0 amide bonds. The van der Waals surface area contributed by atoms with Crippen LogP contribution in [0.25, 0.3) is 0 Å². The summed E-state index contributed by atoms with van der Waals surface area (Å²) in [4.78, 5) is 8.34. The molecule has 0 spiro atoms. The summed E-state index contributed by atoms with van der Waals surface area (Å²) in [6.45, 7) is 1.44. The lowest BCUT2D eigenvalue weighted by molar-refractivity contribution is -0.137. The number of halogens is 3. The highest BCUT2D eigenvalue weighted by atomic mass is 19.4. The highest BCUT2D eigenvalue weighted by Gasteiger charge is 2.29. The average molecular weight is 366 g/mol. The minimum absolute atomic E-state index is 0.298. The molecule has 2 N–H and O–H groups in total. The van der Waals surface area contributed by atoms with Gasteiger partial charge < -0.3 is 15.4 Å². The normalized spacial score (nSPS) is 11.9. The van der Waals surface area contributed by atoms with Crippen LogP contribution in [0.15, 0.2) is 53.7 Å². The van der Waals surface area contributed by atoms with Gasteiger partial charge in [0.15, 0.2) is 5.96 Å². The van der Waals surface area contributed by atoms with Crippen LogP contribution in [0, 0.1) is 0 Å². The summed E-state index contributed by atoms with van der Waals surface area (Å²) in [5, 5.41) is 6.23. The molecular weight excluding hydrogens is 345 g/mol. The van der Waals surface area contributed by atoms with Crippen molar-refractivity contribution >= 4 is 5.96 Å². The average Bonchev–Trinajstić information content (AvgIpc) is 2.64. The Morgan fingerprint density at radius 3 is 2.42 bits per heavy atom. The van der Waals surface area contributed by atoms with E-state index in [0.717, 1.165) is 24.2 Å². The lowest BCUT2D eigenvalue weighted by Gasteiger charge is -2.13. The van der Waals surface area contributed by atoms with E-state index in [0.29, 0.717) is 31.4 Å². The molecule has 8 heteroatoms. The molecule has 2 rings (SSSR count). The number of guanidine groups is 1. The molecule has 0 aliphatic carbocycles. The van der Waals surface area contributed by atoms with Crippen LogP contribution < -0.4 is 15.4 Å². The number of hydrogen-bond acceptors (Lipinski definition) is 3. The molecule has 140 valence electrons. The molecule has 0 saturated carbocycles. The Hall–Kier alpha value is -2.77. The molecule has 0 bridgehead atoms. The Morgan fingerprint density at radius 1 is 1.08 bits per heavy atom. The SMILES string of the molecule is CN=C(NCCOc1ccc(C(F)(F)F)cc1)NCCc1ccccn1. The van der Waals surface area contributed by atoms with Gasteiger partial charge in [0.25, 0.3) is 0 Å². The summed E-state index contributed by atoms with van der Waals surface area (Å²) in [6, 6.07) is 10.4. The molecule has 2 aromatic rings. The number of aromatic nitrogens is 1. The van der Waals surface area contributed by atoms with Crippen molar-refractivity contribution in [1.82, 2.24) is 15.6 Å². The second-order valence-corrected chi connectivity index (χ2v) is 5.37. The molecule has 0 unspecified atom stereocenters. The smallest absolute Gasteiger partial charge is 0.416 e. The van der Waals surface area contributed by atoms with Gasteiger partial charge in [0.2, 0.25) is 0 Å². The fourth-order valence-corrected chi connectivity index (χ4v) is 2.15. The number of ether oxygens (including phenoxy) is 1. The fraction of sp³-hybridized carbons (Fsp3) is 0.333. The molecule has 0 aliphatic heterocycles. The zero-order chi connectivity index (χ0) is 18.8. The Balaban J connectivity index is 1.66. The van der Waals surface area contributed by atoms with E-state index in [9.17, 15) is 13.2 Å². The summed E-state index contributed by atoms with van der Waals surface area (Å²) < 4.78 is 42.9. The van der Waals surface area contributed by atoms with E-state index < -0.39 is 11.7 Å². The van der Waals surface area contributed by atoms with Gasteiger partial charge in [-0.05, 0) is 36.4 Å². The van der Waals surface area contributed by atoms with Crippen LogP contribution in [-0.2, 0) is 12.6 Å². The Labute approximate surface area is 150 Å². The van der Waals surface area contributed by atoms with Crippen molar-refractivity contribution in [1.29, 1.82) is 0 Å². The van der Waals surface area contributed by atoms with Crippen LogP contribution in [-0.4, -0.2) is 37.7 Å². The van der Waals surface area contributed by atoms with E-state index in [4.69, 9.17) is 4.74 Å². The lowest BCUT2D eigenvalue weighted by Crippen LogP contribution is -2.40. The van der Waals surface area contributed by atoms with Crippen LogP contribution in [0.5, 0.6) is 5.75 Å². The number of rotatable bonds is 7. The van der Waals surface area contributed by atoms with Gasteiger partial charge in [-0.2, -0.15) is 13.2 Å². The maximum absolute atomic E-state index is 12.5. The third-order valence-corrected chi connectivity index (χ3v) is 3.47. The van der Waals surface area contributed by atoms with Crippen molar-refractivity contribution in [2.45, 2.75) is 12.6 Å². The van der Waals surface area contributed by atoms with Crippen LogP contribution in [0.3, 0.4) is 0 Å². The summed E-state index contributed by atoms with van der Waals surface area (Å²) in [7, 11) is 1.66. The molecule has 0 atom stereocenters. The van der Waals surface area contributed by atoms with Gasteiger partial charge in [0.1, 0.15) is 12.4 Å². The van der Waals surface area contributed by atoms with Crippen molar-refractivity contribution in [2.75, 3.05) is 26.7 Å². The molecule has 26 heavy (non-hydrogen) atoms. The van der Waals surface area contributed by atoms with E-state index in [1.54, 1.807) is 13.2 Å². The van der Waals surface area contributed by atoms with Crippen LogP contribution >= 0.6 is 0 Å². The second kappa shape index (κ2) is 9.65. The van der Waals surface area contributed by atoms with Crippen LogP contribution in [0.4, 0.5) is 13.2 Å². The topological polar surface area (TPSA) is 58.5 Å². The summed E-state index contributed by atoms with van der Waals surface area (Å²) in [5.41, 5.74) is 0.293. The predicted molar refractivity (Wildman–Crippen MR) is 94.2 cm³/mol. The minimum Gasteiger partial charge on any atom is -0.492 e. The molecule has 0 saturated heterocycles. The summed E-state index contributed by atoms with van der Waals surface area (Å²) in [5.74, 6) is 1.01. The number of alkyl halides is 3.